The van der Waals surface area contributed by atoms with Gasteiger partial charge in [0, 0.05) is 21.5 Å². The number of nitro groups is 1. The number of fused-ring (bicyclic) bond motifs is 2. The Balaban J connectivity index is 1.86. The summed E-state index contributed by atoms with van der Waals surface area (Å²) in [5.41, 5.74) is 2.79. The fourth-order valence-corrected chi connectivity index (χ4v) is 4.20. The van der Waals surface area contributed by atoms with Crippen molar-refractivity contribution in [3.8, 4) is 0 Å². The molecule has 6 heteroatoms. The quantitative estimate of drug-likeness (QED) is 0.424. The predicted octanol–water partition coefficient (Wildman–Crippen LogP) is 5.46. The third-order valence-corrected chi connectivity index (χ3v) is 5.73. The van der Waals surface area contributed by atoms with Gasteiger partial charge in [0.25, 0.3) is 5.70 Å². The van der Waals surface area contributed by atoms with Crippen LogP contribution in [0.4, 0.5) is 0 Å². The van der Waals surface area contributed by atoms with Crippen LogP contribution in [0, 0.1) is 10.1 Å². The Morgan fingerprint density at radius 3 is 2.62 bits per heavy atom. The highest BCUT2D eigenvalue weighted by Crippen LogP contribution is 2.46. The van der Waals surface area contributed by atoms with Crippen LogP contribution in [0.3, 0.4) is 0 Å². The first-order valence-electron chi connectivity index (χ1n) is 7.30. The Bertz CT molecular complexity index is 986. The third kappa shape index (κ3) is 2.72. The van der Waals surface area contributed by atoms with E-state index in [4.69, 9.17) is 0 Å². The van der Waals surface area contributed by atoms with Gasteiger partial charge in [-0.25, -0.2) is 4.98 Å². The summed E-state index contributed by atoms with van der Waals surface area (Å²) in [6, 6.07) is 17.4. The number of para-hydroxylation sites is 1. The van der Waals surface area contributed by atoms with E-state index in [0.717, 1.165) is 31.5 Å². The first-order valence-corrected chi connectivity index (χ1v) is 8.97. The molecule has 4 nitrogen and oxygen atoms in total. The maximum atomic E-state index is 11.6. The van der Waals surface area contributed by atoms with E-state index >= 15 is 0 Å². The summed E-state index contributed by atoms with van der Waals surface area (Å²) in [6.07, 6.45) is 1.65. The zero-order valence-electron chi connectivity index (χ0n) is 12.3. The Morgan fingerprint density at radius 1 is 1.12 bits per heavy atom. The van der Waals surface area contributed by atoms with Gasteiger partial charge in [-0.2, -0.15) is 0 Å². The minimum Gasteiger partial charge on any atom is -0.259 e. The normalized spacial score (nSPS) is 16.5. The topological polar surface area (TPSA) is 56.0 Å². The number of pyridine rings is 1. The molecule has 0 N–H and O–H groups in total. The van der Waals surface area contributed by atoms with Crippen LogP contribution in [0.25, 0.3) is 17.0 Å². The number of rotatable bonds is 2. The molecule has 1 aliphatic rings. The van der Waals surface area contributed by atoms with Crippen LogP contribution in [-0.4, -0.2) is 9.91 Å². The molecule has 0 radical (unpaired) electrons. The Hall–Kier alpha value is -2.18. The summed E-state index contributed by atoms with van der Waals surface area (Å²) in [6.45, 7) is 0. The highest BCUT2D eigenvalue weighted by molar-refractivity contribution is 9.10. The second kappa shape index (κ2) is 6.03. The summed E-state index contributed by atoms with van der Waals surface area (Å²) in [4.78, 5) is 16.0. The first kappa shape index (κ1) is 15.4. The fourth-order valence-electron chi connectivity index (χ4n) is 2.74. The van der Waals surface area contributed by atoms with Crippen molar-refractivity contribution in [2.45, 2.75) is 10.3 Å². The molecular weight excluding hydrogens is 388 g/mol. The molecule has 0 aliphatic carbocycles. The lowest BCUT2D eigenvalue weighted by molar-refractivity contribution is -0.425. The summed E-state index contributed by atoms with van der Waals surface area (Å²) in [5, 5.41) is 13.0. The molecule has 0 spiro atoms. The molecule has 3 aromatic rings. The van der Waals surface area contributed by atoms with E-state index in [2.05, 4.69) is 20.9 Å². The van der Waals surface area contributed by atoms with Crippen molar-refractivity contribution in [2.24, 2.45) is 0 Å². The van der Waals surface area contributed by atoms with Gasteiger partial charge in [0.1, 0.15) is 10.3 Å². The van der Waals surface area contributed by atoms with Crippen molar-refractivity contribution in [2.75, 3.05) is 0 Å². The van der Waals surface area contributed by atoms with Gasteiger partial charge in [-0.1, -0.05) is 58.0 Å². The van der Waals surface area contributed by atoms with E-state index < -0.39 is 0 Å². The predicted molar refractivity (Wildman–Crippen MR) is 99.5 cm³/mol. The Kier molecular flexibility index (Phi) is 3.86. The highest BCUT2D eigenvalue weighted by atomic mass is 79.9. The summed E-state index contributed by atoms with van der Waals surface area (Å²) >= 11 is 4.83. The number of hydrogen-bond donors (Lipinski definition) is 0. The van der Waals surface area contributed by atoms with Gasteiger partial charge in [0.05, 0.1) is 10.4 Å². The van der Waals surface area contributed by atoms with Gasteiger partial charge in [0.15, 0.2) is 0 Å². The van der Waals surface area contributed by atoms with E-state index in [-0.39, 0.29) is 15.9 Å². The van der Waals surface area contributed by atoms with E-state index in [0.29, 0.717) is 0 Å². The zero-order valence-corrected chi connectivity index (χ0v) is 14.8. The lowest BCUT2D eigenvalue weighted by Crippen LogP contribution is -2.11. The van der Waals surface area contributed by atoms with Crippen LogP contribution < -0.4 is 0 Å². The van der Waals surface area contributed by atoms with Crippen molar-refractivity contribution in [1.82, 2.24) is 4.98 Å². The number of nitrogens with zero attached hydrogens (tertiary/aromatic N) is 2. The minimum atomic E-state index is -0.366. The van der Waals surface area contributed by atoms with Gasteiger partial charge in [-0.15, -0.1) is 0 Å². The maximum Gasteiger partial charge on any atom is 0.264 e. The fraction of sp³-hybridized carbons (Fsp3) is 0.0556. The van der Waals surface area contributed by atoms with Crippen molar-refractivity contribution >= 4 is 44.7 Å². The van der Waals surface area contributed by atoms with Gasteiger partial charge >= 0.3 is 0 Å². The average molecular weight is 399 g/mol. The number of aromatic nitrogens is 1. The molecule has 1 aliphatic heterocycles. The van der Waals surface area contributed by atoms with E-state index in [1.807, 2.05) is 54.6 Å². The van der Waals surface area contributed by atoms with Crippen LogP contribution in [0.1, 0.15) is 16.4 Å². The van der Waals surface area contributed by atoms with Gasteiger partial charge in [0.2, 0.25) is 0 Å². The second-order valence-corrected chi connectivity index (χ2v) is 7.46. The van der Waals surface area contributed by atoms with Crippen LogP contribution in [-0.2, 0) is 0 Å². The van der Waals surface area contributed by atoms with Crippen molar-refractivity contribution in [3.63, 3.8) is 0 Å². The molecule has 24 heavy (non-hydrogen) atoms. The maximum absolute atomic E-state index is 11.6. The molecule has 0 saturated carbocycles. The van der Waals surface area contributed by atoms with Crippen LogP contribution in [0.15, 0.2) is 69.8 Å². The average Bonchev–Trinajstić information content (AvgIpc) is 2.59. The molecule has 0 fully saturated rings. The molecule has 0 unspecified atom stereocenters. The smallest absolute Gasteiger partial charge is 0.259 e. The van der Waals surface area contributed by atoms with E-state index in [1.54, 1.807) is 6.08 Å². The first-order chi connectivity index (χ1) is 11.6. The number of halogens is 1. The Labute approximate surface area is 150 Å². The molecule has 0 saturated heterocycles. The molecule has 118 valence electrons. The summed E-state index contributed by atoms with van der Waals surface area (Å²) in [7, 11) is 0. The molecule has 1 atom stereocenters. The largest absolute Gasteiger partial charge is 0.264 e. The van der Waals surface area contributed by atoms with E-state index in [1.165, 1.54) is 11.8 Å². The number of thioether (sulfide) groups is 1. The van der Waals surface area contributed by atoms with Crippen molar-refractivity contribution < 1.29 is 4.92 Å². The molecule has 1 aromatic heterocycles. The number of benzene rings is 2. The monoisotopic (exact) mass is 398 g/mol. The molecular formula is C18H11BrN2O2S. The van der Waals surface area contributed by atoms with E-state index in [9.17, 15) is 10.1 Å². The molecule has 0 amide bonds. The van der Waals surface area contributed by atoms with Crippen LogP contribution in [0.5, 0.6) is 0 Å². The van der Waals surface area contributed by atoms with Crippen LogP contribution >= 0.6 is 27.7 Å². The highest BCUT2D eigenvalue weighted by Gasteiger charge is 2.33. The van der Waals surface area contributed by atoms with Crippen molar-refractivity contribution in [1.29, 1.82) is 0 Å². The zero-order chi connectivity index (χ0) is 16.7. The van der Waals surface area contributed by atoms with Gasteiger partial charge < -0.3 is 0 Å². The van der Waals surface area contributed by atoms with Crippen molar-refractivity contribution in [3.05, 3.63) is 86.0 Å². The summed E-state index contributed by atoms with van der Waals surface area (Å²) < 4.78 is 0.947. The number of hydrogen-bond acceptors (Lipinski definition) is 4. The third-order valence-electron chi connectivity index (χ3n) is 3.90. The Morgan fingerprint density at radius 2 is 1.88 bits per heavy atom. The summed E-state index contributed by atoms with van der Waals surface area (Å²) in [5.74, 6) is 0. The lowest BCUT2D eigenvalue weighted by Gasteiger charge is -2.20. The SMILES string of the molecule is O=[N+]([O-])C1=Cc2cc3ccccc3nc2S[C@H]1c1ccc(Br)cc1. The molecule has 2 aromatic carbocycles. The molecule has 0 bridgehead atoms. The second-order valence-electron chi connectivity index (χ2n) is 5.45. The standard InChI is InChI=1S/C18H11BrN2O2S/c19-14-7-5-11(6-8-14)17-16(21(22)23)10-13-9-12-3-1-2-4-15(12)20-18(13)24-17/h1-10,17H/t17-/m0/s1. The van der Waals surface area contributed by atoms with Gasteiger partial charge in [-0.05, 0) is 29.8 Å². The minimum absolute atomic E-state index is 0.187. The molecule has 4 rings (SSSR count). The molecule has 2 heterocycles. The van der Waals surface area contributed by atoms with Gasteiger partial charge in [-0.3, -0.25) is 10.1 Å². The lowest BCUT2D eigenvalue weighted by atomic mass is 10.1. The van der Waals surface area contributed by atoms with Crippen LogP contribution in [0.2, 0.25) is 0 Å².